The first-order chi connectivity index (χ1) is 16.6. The lowest BCUT2D eigenvalue weighted by Gasteiger charge is -2.45. The minimum absolute atomic E-state index is 0.0234. The van der Waals surface area contributed by atoms with Gasteiger partial charge in [0.15, 0.2) is 5.65 Å². The molecule has 1 amide bonds. The molecule has 3 aromatic rings. The van der Waals surface area contributed by atoms with Gasteiger partial charge in [-0.05, 0) is 30.7 Å². The van der Waals surface area contributed by atoms with Crippen molar-refractivity contribution in [1.29, 1.82) is 5.26 Å². The summed E-state index contributed by atoms with van der Waals surface area (Å²) >= 11 is 0. The highest BCUT2D eigenvalue weighted by Crippen LogP contribution is 2.34. The third-order valence-corrected chi connectivity index (χ3v) is 6.22. The van der Waals surface area contributed by atoms with Gasteiger partial charge in [0.2, 0.25) is 5.88 Å². The number of carbonyl (C=O) groups is 1. The third-order valence-electron chi connectivity index (χ3n) is 6.22. The van der Waals surface area contributed by atoms with Gasteiger partial charge in [-0.15, -0.1) is 0 Å². The molecule has 4 heterocycles. The van der Waals surface area contributed by atoms with E-state index in [2.05, 4.69) is 9.97 Å². The van der Waals surface area contributed by atoms with Crippen molar-refractivity contribution in [1.82, 2.24) is 19.4 Å². The van der Waals surface area contributed by atoms with Gasteiger partial charge >= 0.3 is 6.09 Å². The fraction of sp³-hybridized carbons (Fsp3) is 0.417. The van der Waals surface area contributed by atoms with E-state index in [-0.39, 0.29) is 35.3 Å². The number of fused-ring (bicyclic) bond motifs is 3. The van der Waals surface area contributed by atoms with Crippen molar-refractivity contribution in [3.63, 3.8) is 0 Å². The molecule has 0 saturated carbocycles. The molecular formula is C24H24FN5O4. The third kappa shape index (κ3) is 4.03. The Bertz CT molecular complexity index is 1240. The molecule has 10 heteroatoms. The number of hydrogen-bond donors (Lipinski definition) is 0. The standard InChI is InChI=1S/C24H24FN5O4/c1-2-7-33-24(31)29-10-16-12-32-13-17(11-29)21(16)34-23-18-5-6-30(22(18)27-14-28-23)20-4-3-15(9-26)8-19(20)25/h3-6,8,14,16-17,21H,2,7,10-13H2,1H3. The van der Waals surface area contributed by atoms with Crippen LogP contribution in [0.4, 0.5) is 9.18 Å². The summed E-state index contributed by atoms with van der Waals surface area (Å²) in [5, 5.41) is 9.65. The fourth-order valence-electron chi connectivity index (χ4n) is 4.64. The number of nitrogens with zero attached hydrogens (tertiary/aromatic N) is 5. The first kappa shape index (κ1) is 22.1. The van der Waals surface area contributed by atoms with Crippen molar-refractivity contribution in [2.45, 2.75) is 19.4 Å². The van der Waals surface area contributed by atoms with Crippen molar-refractivity contribution in [3.05, 3.63) is 48.2 Å². The summed E-state index contributed by atoms with van der Waals surface area (Å²) in [6.45, 7) is 4.28. The highest BCUT2D eigenvalue weighted by molar-refractivity contribution is 5.83. The van der Waals surface area contributed by atoms with Crippen molar-refractivity contribution in [3.8, 4) is 17.6 Å². The van der Waals surface area contributed by atoms with Crippen LogP contribution in [0, 0.1) is 29.0 Å². The van der Waals surface area contributed by atoms with Gasteiger partial charge in [0.1, 0.15) is 18.2 Å². The first-order valence-electron chi connectivity index (χ1n) is 11.3. The average Bonchev–Trinajstić information content (AvgIpc) is 3.27. The van der Waals surface area contributed by atoms with Gasteiger partial charge in [-0.3, -0.25) is 4.57 Å². The summed E-state index contributed by atoms with van der Waals surface area (Å²) in [6.07, 6.45) is 3.38. The van der Waals surface area contributed by atoms with E-state index in [0.29, 0.717) is 49.8 Å². The number of piperidine rings is 1. The maximum Gasteiger partial charge on any atom is 0.409 e. The predicted octanol–water partition coefficient (Wildman–Crippen LogP) is 3.30. The highest BCUT2D eigenvalue weighted by atomic mass is 19.1. The molecule has 2 atom stereocenters. The Morgan fingerprint density at radius 2 is 2.06 bits per heavy atom. The maximum absolute atomic E-state index is 14.6. The van der Waals surface area contributed by atoms with Gasteiger partial charge in [0.05, 0.1) is 42.5 Å². The van der Waals surface area contributed by atoms with Crippen molar-refractivity contribution < 1.29 is 23.4 Å². The zero-order chi connectivity index (χ0) is 23.7. The van der Waals surface area contributed by atoms with Crippen LogP contribution in [0.1, 0.15) is 18.9 Å². The summed E-state index contributed by atoms with van der Waals surface area (Å²) in [5.74, 6) is -0.164. The molecule has 176 valence electrons. The van der Waals surface area contributed by atoms with Gasteiger partial charge in [-0.25, -0.2) is 19.2 Å². The van der Waals surface area contributed by atoms with Crippen LogP contribution in [0.2, 0.25) is 0 Å². The van der Waals surface area contributed by atoms with Gasteiger partial charge in [0, 0.05) is 31.1 Å². The quantitative estimate of drug-likeness (QED) is 0.570. The molecule has 2 fully saturated rings. The molecule has 5 rings (SSSR count). The molecular weight excluding hydrogens is 441 g/mol. The Labute approximate surface area is 195 Å². The minimum atomic E-state index is -0.522. The van der Waals surface area contributed by atoms with E-state index in [9.17, 15) is 9.18 Å². The number of likely N-dealkylation sites (tertiary alicyclic amines) is 1. The maximum atomic E-state index is 14.6. The Morgan fingerprint density at radius 1 is 1.26 bits per heavy atom. The van der Waals surface area contributed by atoms with E-state index in [1.54, 1.807) is 33.9 Å². The zero-order valence-corrected chi connectivity index (χ0v) is 18.7. The Balaban J connectivity index is 1.40. The Kier molecular flexibility index (Phi) is 6.02. The molecule has 34 heavy (non-hydrogen) atoms. The number of rotatable bonds is 5. The van der Waals surface area contributed by atoms with Crippen LogP contribution < -0.4 is 4.74 Å². The van der Waals surface area contributed by atoms with Crippen molar-refractivity contribution in [2.24, 2.45) is 11.8 Å². The predicted molar refractivity (Wildman–Crippen MR) is 119 cm³/mol. The monoisotopic (exact) mass is 465 g/mol. The van der Waals surface area contributed by atoms with Gasteiger partial charge in [-0.2, -0.15) is 5.26 Å². The molecule has 0 radical (unpaired) electrons. The molecule has 9 nitrogen and oxygen atoms in total. The number of carbonyl (C=O) groups excluding carboxylic acids is 1. The minimum Gasteiger partial charge on any atom is -0.473 e. The van der Waals surface area contributed by atoms with Crippen LogP contribution in [0.3, 0.4) is 0 Å². The topological polar surface area (TPSA) is 102 Å². The van der Waals surface area contributed by atoms with Crippen molar-refractivity contribution in [2.75, 3.05) is 32.9 Å². The molecule has 0 aliphatic carbocycles. The molecule has 2 saturated heterocycles. The highest BCUT2D eigenvalue weighted by Gasteiger charge is 2.44. The molecule has 0 N–H and O–H groups in total. The number of ether oxygens (including phenoxy) is 3. The summed E-state index contributed by atoms with van der Waals surface area (Å²) in [7, 11) is 0. The number of nitriles is 1. The molecule has 2 aromatic heterocycles. The SMILES string of the molecule is CCCOC(=O)N1CC2COCC(C1)C2Oc1ncnc2c1ccn2-c1ccc(C#N)cc1F. The number of amides is 1. The number of aromatic nitrogens is 3. The molecule has 2 aliphatic heterocycles. The smallest absolute Gasteiger partial charge is 0.409 e. The normalized spacial score (nSPS) is 21.8. The van der Waals surface area contributed by atoms with E-state index in [1.807, 2.05) is 13.0 Å². The lowest BCUT2D eigenvalue weighted by atomic mass is 9.84. The van der Waals surface area contributed by atoms with E-state index in [1.165, 1.54) is 12.4 Å². The molecule has 2 bridgehead atoms. The van der Waals surface area contributed by atoms with Crippen LogP contribution in [0.25, 0.3) is 16.7 Å². The Hall–Kier alpha value is -3.71. The van der Waals surface area contributed by atoms with Crippen LogP contribution in [-0.4, -0.2) is 64.5 Å². The summed E-state index contributed by atoms with van der Waals surface area (Å²) in [5.41, 5.74) is 1.02. The summed E-state index contributed by atoms with van der Waals surface area (Å²) in [6, 6.07) is 8.02. The zero-order valence-electron chi connectivity index (χ0n) is 18.7. The van der Waals surface area contributed by atoms with Crippen LogP contribution in [0.5, 0.6) is 5.88 Å². The lowest BCUT2D eigenvalue weighted by molar-refractivity contribution is -0.109. The second-order valence-electron chi connectivity index (χ2n) is 8.54. The molecule has 2 unspecified atom stereocenters. The van der Waals surface area contributed by atoms with Gasteiger partial charge < -0.3 is 19.1 Å². The van der Waals surface area contributed by atoms with E-state index in [0.717, 1.165) is 6.42 Å². The fourth-order valence-corrected chi connectivity index (χ4v) is 4.64. The lowest BCUT2D eigenvalue weighted by Crippen LogP contribution is -2.58. The van der Waals surface area contributed by atoms with Crippen LogP contribution in [0.15, 0.2) is 36.8 Å². The second kappa shape index (κ2) is 9.27. The number of hydrogen-bond acceptors (Lipinski definition) is 7. The molecule has 2 aliphatic rings. The van der Waals surface area contributed by atoms with Gasteiger partial charge in [0.25, 0.3) is 0 Å². The second-order valence-corrected chi connectivity index (χ2v) is 8.54. The number of halogens is 1. The molecule has 0 spiro atoms. The van der Waals surface area contributed by atoms with Gasteiger partial charge in [-0.1, -0.05) is 6.92 Å². The first-order valence-corrected chi connectivity index (χ1v) is 11.3. The van der Waals surface area contributed by atoms with E-state index >= 15 is 0 Å². The molecule has 1 aromatic carbocycles. The summed E-state index contributed by atoms with van der Waals surface area (Å²) in [4.78, 5) is 22.8. The van der Waals surface area contributed by atoms with Crippen molar-refractivity contribution >= 4 is 17.1 Å². The summed E-state index contributed by atoms with van der Waals surface area (Å²) < 4.78 is 33.7. The van der Waals surface area contributed by atoms with E-state index in [4.69, 9.17) is 19.5 Å². The average molecular weight is 465 g/mol. The van der Waals surface area contributed by atoms with E-state index < -0.39 is 5.82 Å². The van der Waals surface area contributed by atoms with Crippen LogP contribution in [-0.2, 0) is 9.47 Å². The van der Waals surface area contributed by atoms with Crippen LogP contribution >= 0.6 is 0 Å². The number of benzene rings is 1. The largest absolute Gasteiger partial charge is 0.473 e. The Morgan fingerprint density at radius 3 is 2.76 bits per heavy atom.